The monoisotopic (exact) mass is 372 g/mol. The van der Waals surface area contributed by atoms with Gasteiger partial charge in [0.1, 0.15) is 11.2 Å². The maximum absolute atomic E-state index is 6.26. The van der Waals surface area contributed by atoms with Crippen LogP contribution in [0.4, 0.5) is 0 Å². The number of hydrogen-bond acceptors (Lipinski definition) is 1. The van der Waals surface area contributed by atoms with Gasteiger partial charge in [0.05, 0.1) is 0 Å². The van der Waals surface area contributed by atoms with Gasteiger partial charge in [-0.3, -0.25) is 0 Å². The molecule has 0 aliphatic heterocycles. The van der Waals surface area contributed by atoms with E-state index < -0.39 is 0 Å². The molecular formula is C22H13BrO. The zero-order valence-corrected chi connectivity index (χ0v) is 14.4. The quantitative estimate of drug-likeness (QED) is 0.304. The molecule has 1 heterocycles. The van der Waals surface area contributed by atoms with Crippen LogP contribution >= 0.6 is 15.9 Å². The van der Waals surface area contributed by atoms with E-state index in [1.165, 1.54) is 21.7 Å². The van der Waals surface area contributed by atoms with Gasteiger partial charge in [-0.05, 0) is 40.6 Å². The largest absolute Gasteiger partial charge is 0.455 e. The molecule has 0 unspecified atom stereocenters. The van der Waals surface area contributed by atoms with Gasteiger partial charge in [0.25, 0.3) is 0 Å². The molecule has 4 aromatic carbocycles. The number of benzene rings is 4. The summed E-state index contributed by atoms with van der Waals surface area (Å²) in [7, 11) is 0. The summed E-state index contributed by atoms with van der Waals surface area (Å²) in [6.45, 7) is 0. The van der Waals surface area contributed by atoms with E-state index in [1.54, 1.807) is 0 Å². The SMILES string of the molecule is Brc1ccc(-c2c3ccccc3cc3c2oc2ccccc23)cc1. The summed E-state index contributed by atoms with van der Waals surface area (Å²) in [5, 5.41) is 4.78. The fourth-order valence-electron chi connectivity index (χ4n) is 3.43. The highest BCUT2D eigenvalue weighted by Gasteiger charge is 2.15. The summed E-state index contributed by atoms with van der Waals surface area (Å²) in [6, 6.07) is 27.4. The zero-order valence-electron chi connectivity index (χ0n) is 12.8. The molecule has 1 aromatic heterocycles. The van der Waals surface area contributed by atoms with Crippen LogP contribution in [0.3, 0.4) is 0 Å². The Balaban J connectivity index is 2.02. The summed E-state index contributed by atoms with van der Waals surface area (Å²) < 4.78 is 7.34. The minimum atomic E-state index is 0.932. The number of fused-ring (bicyclic) bond motifs is 4. The van der Waals surface area contributed by atoms with E-state index in [9.17, 15) is 0 Å². The molecule has 0 N–H and O–H groups in total. The third kappa shape index (κ3) is 2.00. The molecule has 0 aliphatic carbocycles. The molecule has 0 spiro atoms. The Bertz CT molecular complexity index is 1200. The zero-order chi connectivity index (χ0) is 16.1. The van der Waals surface area contributed by atoms with Crippen molar-refractivity contribution in [1.29, 1.82) is 0 Å². The number of rotatable bonds is 1. The second kappa shape index (κ2) is 5.22. The van der Waals surface area contributed by atoms with Gasteiger partial charge in [-0.1, -0.05) is 70.5 Å². The molecule has 2 heteroatoms. The molecule has 0 fully saturated rings. The Kier molecular flexibility index (Phi) is 3.00. The topological polar surface area (TPSA) is 13.1 Å². The van der Waals surface area contributed by atoms with Gasteiger partial charge < -0.3 is 4.42 Å². The molecule has 24 heavy (non-hydrogen) atoms. The molecule has 0 amide bonds. The molecule has 0 saturated carbocycles. The fourth-order valence-corrected chi connectivity index (χ4v) is 3.69. The van der Waals surface area contributed by atoms with Crippen LogP contribution in [-0.4, -0.2) is 0 Å². The lowest BCUT2D eigenvalue weighted by Crippen LogP contribution is -1.83. The first-order valence-corrected chi connectivity index (χ1v) is 8.69. The smallest absolute Gasteiger partial charge is 0.143 e. The molecule has 0 radical (unpaired) electrons. The maximum atomic E-state index is 6.26. The first-order chi connectivity index (χ1) is 11.8. The van der Waals surface area contributed by atoms with E-state index >= 15 is 0 Å². The lowest BCUT2D eigenvalue weighted by Gasteiger charge is -2.08. The van der Waals surface area contributed by atoms with Crippen LogP contribution in [0.5, 0.6) is 0 Å². The van der Waals surface area contributed by atoms with Gasteiger partial charge in [0, 0.05) is 20.8 Å². The number of hydrogen-bond donors (Lipinski definition) is 0. The van der Waals surface area contributed by atoms with Crippen LogP contribution in [0, 0.1) is 0 Å². The molecule has 5 rings (SSSR count). The van der Waals surface area contributed by atoms with Crippen molar-refractivity contribution in [2.75, 3.05) is 0 Å². The molecule has 1 nitrogen and oxygen atoms in total. The second-order valence-electron chi connectivity index (χ2n) is 5.95. The van der Waals surface area contributed by atoms with Gasteiger partial charge in [0.15, 0.2) is 0 Å². The number of furan rings is 1. The van der Waals surface area contributed by atoms with Crippen molar-refractivity contribution < 1.29 is 4.42 Å². The Morgan fingerprint density at radius 1 is 0.667 bits per heavy atom. The molecule has 114 valence electrons. The lowest BCUT2D eigenvalue weighted by molar-refractivity contribution is 0.670. The first kappa shape index (κ1) is 13.8. The van der Waals surface area contributed by atoms with E-state index in [4.69, 9.17) is 4.42 Å². The second-order valence-corrected chi connectivity index (χ2v) is 6.87. The maximum Gasteiger partial charge on any atom is 0.143 e. The van der Waals surface area contributed by atoms with Crippen LogP contribution in [-0.2, 0) is 0 Å². The van der Waals surface area contributed by atoms with Gasteiger partial charge in [-0.25, -0.2) is 0 Å². The van der Waals surface area contributed by atoms with Crippen molar-refractivity contribution >= 4 is 48.6 Å². The van der Waals surface area contributed by atoms with Crippen molar-refractivity contribution in [3.8, 4) is 11.1 Å². The van der Waals surface area contributed by atoms with Crippen molar-refractivity contribution in [3.05, 3.63) is 83.3 Å². The normalized spacial score (nSPS) is 11.5. The summed E-state index contributed by atoms with van der Waals surface area (Å²) in [4.78, 5) is 0. The molecule has 5 aromatic rings. The lowest BCUT2D eigenvalue weighted by atomic mass is 9.95. The molecule has 0 saturated heterocycles. The van der Waals surface area contributed by atoms with E-state index in [1.807, 2.05) is 12.1 Å². The Hall–Kier alpha value is -2.58. The highest BCUT2D eigenvalue weighted by molar-refractivity contribution is 9.10. The van der Waals surface area contributed by atoms with Gasteiger partial charge in [-0.2, -0.15) is 0 Å². The van der Waals surface area contributed by atoms with E-state index in [-0.39, 0.29) is 0 Å². The standard InChI is InChI=1S/C22H13BrO/c23-16-11-9-14(10-12-16)21-17-6-2-1-5-15(17)13-19-18-7-3-4-8-20(18)24-22(19)21/h1-13H. The highest BCUT2D eigenvalue weighted by atomic mass is 79.9. The Labute approximate surface area is 147 Å². The summed E-state index contributed by atoms with van der Waals surface area (Å²) in [5.74, 6) is 0. The molecule has 0 bridgehead atoms. The summed E-state index contributed by atoms with van der Waals surface area (Å²) in [6.07, 6.45) is 0. The average molecular weight is 373 g/mol. The average Bonchev–Trinajstić information content (AvgIpc) is 2.99. The minimum absolute atomic E-state index is 0.932. The molecular weight excluding hydrogens is 360 g/mol. The van der Waals surface area contributed by atoms with Crippen LogP contribution in [0.1, 0.15) is 0 Å². The fraction of sp³-hybridized carbons (Fsp3) is 0. The van der Waals surface area contributed by atoms with Crippen LogP contribution < -0.4 is 0 Å². The van der Waals surface area contributed by atoms with E-state index in [2.05, 4.69) is 82.7 Å². The number of para-hydroxylation sites is 1. The predicted molar refractivity (Wildman–Crippen MR) is 104 cm³/mol. The first-order valence-electron chi connectivity index (χ1n) is 7.90. The van der Waals surface area contributed by atoms with E-state index in [0.29, 0.717) is 0 Å². The van der Waals surface area contributed by atoms with Crippen LogP contribution in [0.15, 0.2) is 87.8 Å². The third-order valence-corrected chi connectivity index (χ3v) is 5.05. The number of halogens is 1. The molecule has 0 atom stereocenters. The minimum Gasteiger partial charge on any atom is -0.455 e. The summed E-state index contributed by atoms with van der Waals surface area (Å²) >= 11 is 3.52. The summed E-state index contributed by atoms with van der Waals surface area (Å²) in [5.41, 5.74) is 4.21. The van der Waals surface area contributed by atoms with E-state index in [0.717, 1.165) is 26.6 Å². The van der Waals surface area contributed by atoms with Crippen LogP contribution in [0.25, 0.3) is 43.8 Å². The van der Waals surface area contributed by atoms with Gasteiger partial charge in [-0.15, -0.1) is 0 Å². The highest BCUT2D eigenvalue weighted by Crippen LogP contribution is 2.41. The Morgan fingerprint density at radius 2 is 1.38 bits per heavy atom. The van der Waals surface area contributed by atoms with Gasteiger partial charge in [0.2, 0.25) is 0 Å². The van der Waals surface area contributed by atoms with Crippen molar-refractivity contribution in [2.45, 2.75) is 0 Å². The predicted octanol–water partition coefficient (Wildman–Crippen LogP) is 7.17. The van der Waals surface area contributed by atoms with Gasteiger partial charge >= 0.3 is 0 Å². The third-order valence-electron chi connectivity index (χ3n) is 4.52. The van der Waals surface area contributed by atoms with Crippen LogP contribution in [0.2, 0.25) is 0 Å². The molecule has 0 aliphatic rings. The van der Waals surface area contributed by atoms with Crippen molar-refractivity contribution in [3.63, 3.8) is 0 Å². The Morgan fingerprint density at radius 3 is 2.21 bits per heavy atom. The van der Waals surface area contributed by atoms with Crippen molar-refractivity contribution in [2.24, 2.45) is 0 Å². The van der Waals surface area contributed by atoms with Crippen molar-refractivity contribution in [1.82, 2.24) is 0 Å².